The molecular weight excluding hydrogens is 412 g/mol. The third-order valence-corrected chi connectivity index (χ3v) is 2.79. The van der Waals surface area contributed by atoms with E-state index in [1.807, 2.05) is 0 Å². The van der Waals surface area contributed by atoms with Crippen LogP contribution in [-0.2, 0) is 30.5 Å². The summed E-state index contributed by atoms with van der Waals surface area (Å²) in [7, 11) is -6.09. The Labute approximate surface area is 145 Å². The van der Waals surface area contributed by atoms with Crippen LogP contribution in [0.4, 0.5) is 13.2 Å². The van der Waals surface area contributed by atoms with Gasteiger partial charge in [0.2, 0.25) is 0 Å². The second kappa shape index (κ2) is 15.7. The summed E-state index contributed by atoms with van der Waals surface area (Å²) in [5.74, 6) is 0. The van der Waals surface area contributed by atoms with Gasteiger partial charge in [0.1, 0.15) is 0 Å². The summed E-state index contributed by atoms with van der Waals surface area (Å²) in [6, 6.07) is 0. The molecule has 0 fully saturated rings. The second-order valence-electron chi connectivity index (χ2n) is 4.20. The summed E-state index contributed by atoms with van der Waals surface area (Å²) < 4.78 is 58.9. The quantitative estimate of drug-likeness (QED) is 0.207. The Morgan fingerprint density at radius 1 is 1.05 bits per heavy atom. The molecule has 0 aliphatic heterocycles. The Hall–Kier alpha value is -0.158. The van der Waals surface area contributed by atoms with Crippen molar-refractivity contribution in [2.45, 2.75) is 57.4 Å². The zero-order valence-electron chi connectivity index (χ0n) is 12.5. The average molecular weight is 435 g/mol. The number of allylic oxidation sites excluding steroid dienone is 4. The minimum absolute atomic E-state index is 0. The molecule has 0 radical (unpaired) electrons. The Morgan fingerprint density at radius 2 is 1.32 bits per heavy atom. The molecule has 1 rings (SSSR count). The van der Waals surface area contributed by atoms with E-state index in [9.17, 15) is 13.2 Å². The molecule has 0 aromatic carbocycles. The molecule has 0 aromatic heterocycles. The molecule has 0 heterocycles. The number of hydrogen-bond acceptors (Lipinski definition) is 3. The monoisotopic (exact) mass is 434 g/mol. The Kier molecular flexibility index (Phi) is 19.1. The van der Waals surface area contributed by atoms with Crippen LogP contribution in [0.2, 0.25) is 0 Å². The van der Waals surface area contributed by atoms with Crippen molar-refractivity contribution in [2.24, 2.45) is 0 Å². The van der Waals surface area contributed by atoms with Crippen molar-refractivity contribution in [1.29, 1.82) is 0 Å². The van der Waals surface area contributed by atoms with Gasteiger partial charge in [0, 0.05) is 0 Å². The number of hydrogen-bond donors (Lipinski definition) is 0. The fourth-order valence-corrected chi connectivity index (χ4v) is 1.11. The molecular formula is C14H23F3O3PdS. The van der Waals surface area contributed by atoms with Crippen LogP contribution >= 0.6 is 0 Å². The topological polar surface area (TPSA) is 57.2 Å². The van der Waals surface area contributed by atoms with Crippen molar-refractivity contribution in [3.8, 4) is 0 Å². The normalized spacial score (nSPS) is 15.7. The summed E-state index contributed by atoms with van der Waals surface area (Å²) in [5, 5.41) is 0. The van der Waals surface area contributed by atoms with Crippen molar-refractivity contribution >= 4 is 10.1 Å². The molecule has 0 bridgehead atoms. The van der Waals surface area contributed by atoms with Gasteiger partial charge in [-0.15, -0.1) is 0 Å². The van der Waals surface area contributed by atoms with Crippen LogP contribution in [0.5, 0.6) is 0 Å². The van der Waals surface area contributed by atoms with Gasteiger partial charge in [-0.1, -0.05) is 44.1 Å². The first-order chi connectivity index (χ1) is 9.66. The SMILES string of the molecule is C1=CCC/C=C\CC1.O=S(=O)([O-])C(F)(F)F.[CH2-]CCCC.[Pd+2]. The fourth-order valence-electron chi connectivity index (χ4n) is 1.11. The van der Waals surface area contributed by atoms with Crippen molar-refractivity contribution in [1.82, 2.24) is 0 Å². The van der Waals surface area contributed by atoms with Gasteiger partial charge >= 0.3 is 25.9 Å². The summed E-state index contributed by atoms with van der Waals surface area (Å²) >= 11 is 0. The van der Waals surface area contributed by atoms with Gasteiger partial charge in [-0.25, -0.2) is 8.42 Å². The first-order valence-corrected chi connectivity index (χ1v) is 8.19. The first kappa shape index (κ1) is 26.7. The summed E-state index contributed by atoms with van der Waals surface area (Å²) in [4.78, 5) is 0. The number of alkyl halides is 3. The second-order valence-corrected chi connectivity index (χ2v) is 5.58. The van der Waals surface area contributed by atoms with Crippen LogP contribution in [0.1, 0.15) is 51.9 Å². The maximum atomic E-state index is 10.7. The minimum atomic E-state index is -6.09. The number of halogens is 3. The van der Waals surface area contributed by atoms with Crippen LogP contribution in [0.15, 0.2) is 24.3 Å². The molecule has 0 unspecified atom stereocenters. The molecule has 0 atom stereocenters. The first-order valence-electron chi connectivity index (χ1n) is 6.78. The zero-order valence-corrected chi connectivity index (χ0v) is 14.9. The molecule has 1 aliphatic rings. The Bertz CT molecular complexity index is 363. The third kappa shape index (κ3) is 19.8. The predicted octanol–water partition coefficient (Wildman–Crippen LogP) is 4.73. The molecule has 1 aliphatic carbocycles. The van der Waals surface area contributed by atoms with Crippen LogP contribution in [0.25, 0.3) is 0 Å². The van der Waals surface area contributed by atoms with E-state index >= 15 is 0 Å². The van der Waals surface area contributed by atoms with Crippen molar-refractivity contribution in [3.63, 3.8) is 0 Å². The van der Waals surface area contributed by atoms with Gasteiger partial charge in [0.25, 0.3) is 0 Å². The van der Waals surface area contributed by atoms with Gasteiger partial charge in [0.05, 0.1) is 0 Å². The predicted molar refractivity (Wildman–Crippen MR) is 77.4 cm³/mol. The van der Waals surface area contributed by atoms with Crippen LogP contribution in [0.3, 0.4) is 0 Å². The molecule has 8 heteroatoms. The van der Waals surface area contributed by atoms with Gasteiger partial charge in [0.15, 0.2) is 10.1 Å². The van der Waals surface area contributed by atoms with Crippen molar-refractivity contribution in [3.05, 3.63) is 31.2 Å². The molecule has 0 saturated carbocycles. The van der Waals surface area contributed by atoms with E-state index in [1.54, 1.807) is 0 Å². The van der Waals surface area contributed by atoms with Crippen molar-refractivity contribution < 1.29 is 46.6 Å². The zero-order chi connectivity index (χ0) is 16.8. The standard InChI is InChI=1S/C8H12.C5H11.CHF3O3S.Pd/c1-2-4-6-8-7-5-3-1;1-3-5-4-2;2-1(3,4)8(5,6)7;/h1-2,7-8H,3-6H2;1,3-5H2,2H3;(H,5,6,7);/q;-1;;+2/p-1/b2-1-,8-7?;;;. The Balaban J connectivity index is -0.000000248. The largest absolute Gasteiger partial charge is 2.00 e. The summed E-state index contributed by atoms with van der Waals surface area (Å²) in [6.07, 6.45) is 17.7. The molecule has 0 spiro atoms. The van der Waals surface area contributed by atoms with E-state index in [4.69, 9.17) is 13.0 Å². The van der Waals surface area contributed by atoms with Gasteiger partial charge < -0.3 is 11.5 Å². The van der Waals surface area contributed by atoms with Crippen LogP contribution in [0, 0.1) is 6.92 Å². The van der Waals surface area contributed by atoms with Crippen LogP contribution < -0.4 is 0 Å². The van der Waals surface area contributed by atoms with Crippen LogP contribution in [-0.4, -0.2) is 18.5 Å². The number of unbranched alkanes of at least 4 members (excludes halogenated alkanes) is 2. The molecule has 3 nitrogen and oxygen atoms in total. The molecule has 0 saturated heterocycles. The average Bonchev–Trinajstić information content (AvgIpc) is 2.27. The molecule has 0 aromatic rings. The van der Waals surface area contributed by atoms with Crippen molar-refractivity contribution in [2.75, 3.05) is 0 Å². The number of rotatable bonds is 2. The summed E-state index contributed by atoms with van der Waals surface area (Å²) in [5.41, 5.74) is -5.65. The molecule has 22 heavy (non-hydrogen) atoms. The minimum Gasteiger partial charge on any atom is -0.741 e. The maximum absolute atomic E-state index is 10.7. The maximum Gasteiger partial charge on any atom is 2.00 e. The third-order valence-electron chi connectivity index (χ3n) is 2.22. The Morgan fingerprint density at radius 3 is 1.41 bits per heavy atom. The smallest absolute Gasteiger partial charge is 0.741 e. The molecule has 134 valence electrons. The van der Waals surface area contributed by atoms with E-state index in [2.05, 4.69) is 38.2 Å². The summed E-state index contributed by atoms with van der Waals surface area (Å²) in [6.45, 7) is 5.85. The van der Waals surface area contributed by atoms with E-state index in [0.717, 1.165) is 6.42 Å². The van der Waals surface area contributed by atoms with E-state index < -0.39 is 15.6 Å². The van der Waals surface area contributed by atoms with Gasteiger partial charge in [-0.3, -0.25) is 0 Å². The molecule has 0 N–H and O–H groups in total. The van der Waals surface area contributed by atoms with Gasteiger partial charge in [-0.2, -0.15) is 19.6 Å². The van der Waals surface area contributed by atoms with E-state index in [0.29, 0.717) is 0 Å². The van der Waals surface area contributed by atoms with Gasteiger partial charge in [-0.05, 0) is 25.7 Å². The van der Waals surface area contributed by atoms with E-state index in [-0.39, 0.29) is 20.4 Å². The molecule has 0 amide bonds. The van der Waals surface area contributed by atoms with E-state index in [1.165, 1.54) is 38.5 Å². The fraction of sp³-hybridized carbons (Fsp3) is 0.643.